The molecule has 3 aromatic carbocycles. The number of alkyl halides is 3. The number of hydrogen-bond donors (Lipinski definition) is 1. The average Bonchev–Trinajstić information content (AvgIpc) is 2.73. The molecule has 0 bridgehead atoms. The molecule has 0 atom stereocenters. The van der Waals surface area contributed by atoms with E-state index in [0.717, 1.165) is 17.7 Å². The number of nitrogens with one attached hydrogen (secondary N) is 1. The SMILES string of the molecule is O=C(N/N=C\c1ccccc1OCc1ccc(Cl)cc1)c1cccc(C(F)(F)F)c1. The fraction of sp³-hybridized carbons (Fsp3) is 0.0909. The minimum absolute atomic E-state index is 0.144. The molecule has 1 amide bonds. The number of rotatable bonds is 6. The highest BCUT2D eigenvalue weighted by Gasteiger charge is 2.30. The van der Waals surface area contributed by atoms with Gasteiger partial charge in [-0.1, -0.05) is 41.9 Å². The lowest BCUT2D eigenvalue weighted by Crippen LogP contribution is -2.18. The van der Waals surface area contributed by atoms with E-state index >= 15 is 0 Å². The fourth-order valence-electron chi connectivity index (χ4n) is 2.52. The zero-order chi connectivity index (χ0) is 21.6. The van der Waals surface area contributed by atoms with Crippen molar-refractivity contribution in [3.8, 4) is 5.75 Å². The van der Waals surface area contributed by atoms with Crippen LogP contribution in [0.25, 0.3) is 0 Å². The monoisotopic (exact) mass is 432 g/mol. The second kappa shape index (κ2) is 9.45. The Morgan fingerprint density at radius 3 is 2.50 bits per heavy atom. The third kappa shape index (κ3) is 5.84. The summed E-state index contributed by atoms with van der Waals surface area (Å²) in [4.78, 5) is 12.1. The van der Waals surface area contributed by atoms with Gasteiger partial charge in [0.2, 0.25) is 0 Å². The predicted octanol–water partition coefficient (Wildman–Crippen LogP) is 5.70. The van der Waals surface area contributed by atoms with Crippen LogP contribution in [0.4, 0.5) is 13.2 Å². The van der Waals surface area contributed by atoms with E-state index in [0.29, 0.717) is 22.9 Å². The maximum absolute atomic E-state index is 12.8. The summed E-state index contributed by atoms with van der Waals surface area (Å²) in [6.07, 6.45) is -3.16. The number of ether oxygens (including phenoxy) is 1. The van der Waals surface area contributed by atoms with Gasteiger partial charge in [-0.25, -0.2) is 5.43 Å². The van der Waals surface area contributed by atoms with Gasteiger partial charge < -0.3 is 4.74 Å². The highest BCUT2D eigenvalue weighted by Crippen LogP contribution is 2.29. The molecule has 0 radical (unpaired) electrons. The molecule has 0 heterocycles. The summed E-state index contributed by atoms with van der Waals surface area (Å²) in [6.45, 7) is 0.304. The van der Waals surface area contributed by atoms with Crippen molar-refractivity contribution in [1.29, 1.82) is 0 Å². The molecule has 0 saturated carbocycles. The molecule has 8 heteroatoms. The summed E-state index contributed by atoms with van der Waals surface area (Å²) in [5.74, 6) is -0.221. The van der Waals surface area contributed by atoms with Crippen LogP contribution in [0.15, 0.2) is 77.9 Å². The molecule has 0 aromatic heterocycles. The van der Waals surface area contributed by atoms with Crippen LogP contribution in [-0.4, -0.2) is 12.1 Å². The van der Waals surface area contributed by atoms with Crippen LogP contribution in [0.5, 0.6) is 5.75 Å². The van der Waals surface area contributed by atoms with E-state index in [9.17, 15) is 18.0 Å². The first-order chi connectivity index (χ1) is 14.3. The standard InChI is InChI=1S/C22H16ClF3N2O2/c23-19-10-8-15(9-11-19)14-30-20-7-2-1-4-17(20)13-27-28-21(29)16-5-3-6-18(12-16)22(24,25)26/h1-13H,14H2,(H,28,29)/b27-13-. The number of carbonyl (C=O) groups is 1. The van der Waals surface area contributed by atoms with Crippen LogP contribution < -0.4 is 10.2 Å². The largest absolute Gasteiger partial charge is 0.488 e. The molecule has 154 valence electrons. The van der Waals surface area contributed by atoms with Crippen LogP contribution in [0.2, 0.25) is 5.02 Å². The van der Waals surface area contributed by atoms with E-state index in [1.807, 2.05) is 12.1 Å². The van der Waals surface area contributed by atoms with Crippen molar-refractivity contribution in [1.82, 2.24) is 5.43 Å². The summed E-state index contributed by atoms with van der Waals surface area (Å²) in [5, 5.41) is 4.46. The lowest BCUT2D eigenvalue weighted by atomic mass is 10.1. The number of hydrazone groups is 1. The Labute approximate surface area is 175 Å². The molecular formula is C22H16ClF3N2O2. The molecule has 30 heavy (non-hydrogen) atoms. The Kier molecular flexibility index (Phi) is 6.74. The summed E-state index contributed by atoms with van der Waals surface area (Å²) < 4.78 is 44.1. The second-order valence-electron chi connectivity index (χ2n) is 6.23. The quantitative estimate of drug-likeness (QED) is 0.401. The molecule has 0 unspecified atom stereocenters. The van der Waals surface area contributed by atoms with Gasteiger partial charge in [0.15, 0.2) is 0 Å². The van der Waals surface area contributed by atoms with Gasteiger partial charge >= 0.3 is 6.18 Å². The van der Waals surface area contributed by atoms with Crippen molar-refractivity contribution < 1.29 is 22.7 Å². The summed E-state index contributed by atoms with van der Waals surface area (Å²) in [7, 11) is 0. The van der Waals surface area contributed by atoms with Crippen molar-refractivity contribution in [2.45, 2.75) is 12.8 Å². The van der Waals surface area contributed by atoms with E-state index in [1.165, 1.54) is 18.3 Å². The lowest BCUT2D eigenvalue weighted by Gasteiger charge is -2.09. The maximum Gasteiger partial charge on any atom is 0.416 e. The first-order valence-electron chi connectivity index (χ1n) is 8.80. The third-order valence-corrected chi connectivity index (χ3v) is 4.30. The van der Waals surface area contributed by atoms with E-state index in [2.05, 4.69) is 10.5 Å². The number of para-hydroxylation sites is 1. The zero-order valence-electron chi connectivity index (χ0n) is 15.5. The molecule has 0 aliphatic carbocycles. The molecule has 0 spiro atoms. The topological polar surface area (TPSA) is 50.7 Å². The summed E-state index contributed by atoms with van der Waals surface area (Å²) >= 11 is 5.86. The van der Waals surface area contributed by atoms with Crippen LogP contribution >= 0.6 is 11.6 Å². The molecule has 0 aliphatic heterocycles. The number of halogens is 4. The van der Waals surface area contributed by atoms with Gasteiger partial charge in [-0.15, -0.1) is 0 Å². The lowest BCUT2D eigenvalue weighted by molar-refractivity contribution is -0.137. The molecule has 3 rings (SSSR count). The number of benzene rings is 3. The first-order valence-corrected chi connectivity index (χ1v) is 9.17. The van der Waals surface area contributed by atoms with Gasteiger partial charge in [-0.05, 0) is 48.0 Å². The number of amides is 1. The highest BCUT2D eigenvalue weighted by molar-refractivity contribution is 6.30. The van der Waals surface area contributed by atoms with Crippen LogP contribution in [-0.2, 0) is 12.8 Å². The Morgan fingerprint density at radius 1 is 1.03 bits per heavy atom. The van der Waals surface area contributed by atoms with Gasteiger partial charge in [0.1, 0.15) is 12.4 Å². The van der Waals surface area contributed by atoms with Gasteiger partial charge in [-0.2, -0.15) is 18.3 Å². The van der Waals surface area contributed by atoms with Gasteiger partial charge in [0.25, 0.3) is 5.91 Å². The van der Waals surface area contributed by atoms with E-state index in [-0.39, 0.29) is 5.56 Å². The number of carbonyl (C=O) groups excluding carboxylic acids is 1. The van der Waals surface area contributed by atoms with Crippen LogP contribution in [0.1, 0.15) is 27.0 Å². The predicted molar refractivity (Wildman–Crippen MR) is 109 cm³/mol. The van der Waals surface area contributed by atoms with E-state index in [1.54, 1.807) is 36.4 Å². The normalized spacial score (nSPS) is 11.5. The van der Waals surface area contributed by atoms with Crippen molar-refractivity contribution in [3.05, 3.63) is 100 Å². The first kappa shape index (κ1) is 21.4. The fourth-order valence-corrected chi connectivity index (χ4v) is 2.65. The molecule has 0 fully saturated rings. The molecule has 1 N–H and O–H groups in total. The van der Waals surface area contributed by atoms with Crippen LogP contribution in [0.3, 0.4) is 0 Å². The van der Waals surface area contributed by atoms with E-state index < -0.39 is 17.6 Å². The van der Waals surface area contributed by atoms with Gasteiger partial charge in [-0.3, -0.25) is 4.79 Å². The van der Waals surface area contributed by atoms with Gasteiger partial charge in [0.05, 0.1) is 11.8 Å². The summed E-state index contributed by atoms with van der Waals surface area (Å²) in [6, 6.07) is 18.4. The average molecular weight is 433 g/mol. The van der Waals surface area contributed by atoms with Crippen molar-refractivity contribution in [3.63, 3.8) is 0 Å². The molecular weight excluding hydrogens is 417 g/mol. The Morgan fingerprint density at radius 2 is 1.77 bits per heavy atom. The molecule has 0 saturated heterocycles. The van der Waals surface area contributed by atoms with Gasteiger partial charge in [0, 0.05) is 16.1 Å². The number of nitrogens with zero attached hydrogens (tertiary/aromatic N) is 1. The van der Waals surface area contributed by atoms with Crippen molar-refractivity contribution in [2.24, 2.45) is 5.10 Å². The van der Waals surface area contributed by atoms with Crippen LogP contribution in [0, 0.1) is 0 Å². The smallest absolute Gasteiger partial charge is 0.416 e. The van der Waals surface area contributed by atoms with Crippen molar-refractivity contribution >= 4 is 23.7 Å². The molecule has 4 nitrogen and oxygen atoms in total. The highest BCUT2D eigenvalue weighted by atomic mass is 35.5. The maximum atomic E-state index is 12.8. The Balaban J connectivity index is 1.65. The minimum atomic E-state index is -4.53. The zero-order valence-corrected chi connectivity index (χ0v) is 16.2. The van der Waals surface area contributed by atoms with E-state index in [4.69, 9.17) is 16.3 Å². The molecule has 0 aliphatic rings. The third-order valence-electron chi connectivity index (χ3n) is 4.05. The van der Waals surface area contributed by atoms with Crippen molar-refractivity contribution in [2.75, 3.05) is 0 Å². The second-order valence-corrected chi connectivity index (χ2v) is 6.67. The Bertz CT molecular complexity index is 1050. The number of hydrogen-bond acceptors (Lipinski definition) is 3. The summed E-state index contributed by atoms with van der Waals surface area (Å²) in [5.41, 5.74) is 2.69. The molecule has 3 aromatic rings. The Hall–Kier alpha value is -3.32. The minimum Gasteiger partial charge on any atom is -0.488 e.